The predicted octanol–water partition coefficient (Wildman–Crippen LogP) is 3.49. The zero-order valence-corrected chi connectivity index (χ0v) is 12.3. The van der Waals surface area contributed by atoms with Gasteiger partial charge in [0, 0.05) is 10.1 Å². The molecule has 0 amide bonds. The van der Waals surface area contributed by atoms with Gasteiger partial charge in [0.15, 0.2) is 0 Å². The smallest absolute Gasteiger partial charge is 0.118 e. The monoisotopic (exact) mass is 354 g/mol. The molecule has 0 radical (unpaired) electrons. The van der Waals surface area contributed by atoms with Crippen LogP contribution in [0.1, 0.15) is 5.56 Å². The summed E-state index contributed by atoms with van der Waals surface area (Å²) in [7, 11) is 1.67. The molecule has 0 aliphatic rings. The molecule has 4 heteroatoms. The van der Waals surface area contributed by atoms with E-state index in [9.17, 15) is 0 Å². The minimum Gasteiger partial charge on any atom is -0.497 e. The Morgan fingerprint density at radius 1 is 1.17 bits per heavy atom. The van der Waals surface area contributed by atoms with Crippen molar-refractivity contribution < 1.29 is 4.74 Å². The Hall–Kier alpha value is -1.43. The van der Waals surface area contributed by atoms with E-state index in [4.69, 9.17) is 10.5 Å². The van der Waals surface area contributed by atoms with Crippen molar-refractivity contribution in [3.8, 4) is 5.75 Å². The molecule has 0 atom stereocenters. The number of hydrogen-bond acceptors (Lipinski definition) is 3. The van der Waals surface area contributed by atoms with Gasteiger partial charge in [0.2, 0.25) is 0 Å². The lowest BCUT2D eigenvalue weighted by atomic mass is 10.2. The highest BCUT2D eigenvalue weighted by Crippen LogP contribution is 2.21. The maximum absolute atomic E-state index is 5.94. The van der Waals surface area contributed by atoms with Crippen molar-refractivity contribution >= 4 is 34.0 Å². The van der Waals surface area contributed by atoms with Crippen molar-refractivity contribution in [1.29, 1.82) is 0 Å². The van der Waals surface area contributed by atoms with Gasteiger partial charge in [-0.3, -0.25) is 0 Å². The first-order chi connectivity index (χ1) is 8.69. The molecular weight excluding hydrogens is 339 g/mol. The Labute approximate surface area is 120 Å². The van der Waals surface area contributed by atoms with Gasteiger partial charge in [-0.2, -0.15) is 0 Å². The fourth-order valence-electron chi connectivity index (χ4n) is 1.64. The first-order valence-corrected chi connectivity index (χ1v) is 6.69. The molecular formula is C14H15IN2O. The molecule has 0 heterocycles. The van der Waals surface area contributed by atoms with Gasteiger partial charge in [-0.05, 0) is 58.5 Å². The van der Waals surface area contributed by atoms with Crippen LogP contribution in [0.5, 0.6) is 5.75 Å². The quantitative estimate of drug-likeness (QED) is 0.653. The third kappa shape index (κ3) is 3.29. The summed E-state index contributed by atoms with van der Waals surface area (Å²) in [6, 6.07) is 14.0. The normalized spacial score (nSPS) is 10.1. The van der Waals surface area contributed by atoms with E-state index in [0.29, 0.717) is 0 Å². The summed E-state index contributed by atoms with van der Waals surface area (Å²) < 4.78 is 6.26. The SMILES string of the molecule is COc1ccc(CNc2ccc(I)cc2N)cc1. The molecule has 0 aliphatic heterocycles. The minimum absolute atomic E-state index is 0.745. The van der Waals surface area contributed by atoms with Crippen LogP contribution in [0.15, 0.2) is 42.5 Å². The number of nitrogens with one attached hydrogen (secondary N) is 1. The highest BCUT2D eigenvalue weighted by atomic mass is 127. The fraction of sp³-hybridized carbons (Fsp3) is 0.143. The van der Waals surface area contributed by atoms with E-state index >= 15 is 0 Å². The number of anilines is 2. The average Bonchev–Trinajstić information content (AvgIpc) is 2.38. The molecule has 94 valence electrons. The molecule has 3 nitrogen and oxygen atoms in total. The van der Waals surface area contributed by atoms with E-state index in [1.807, 2.05) is 42.5 Å². The third-order valence-corrected chi connectivity index (χ3v) is 3.33. The summed E-state index contributed by atoms with van der Waals surface area (Å²) in [5.74, 6) is 0.868. The van der Waals surface area contributed by atoms with Gasteiger partial charge in [-0.1, -0.05) is 12.1 Å². The van der Waals surface area contributed by atoms with Crippen LogP contribution in [0.3, 0.4) is 0 Å². The van der Waals surface area contributed by atoms with Crippen molar-refractivity contribution in [3.05, 3.63) is 51.6 Å². The molecule has 2 aromatic rings. The Morgan fingerprint density at radius 2 is 1.89 bits per heavy atom. The number of ether oxygens (including phenoxy) is 1. The third-order valence-electron chi connectivity index (χ3n) is 2.66. The molecule has 0 saturated carbocycles. The number of nitrogen functional groups attached to an aromatic ring is 1. The van der Waals surface area contributed by atoms with E-state index in [0.717, 1.165) is 27.2 Å². The van der Waals surface area contributed by atoms with E-state index in [-0.39, 0.29) is 0 Å². The largest absolute Gasteiger partial charge is 0.497 e. The first-order valence-electron chi connectivity index (χ1n) is 5.61. The summed E-state index contributed by atoms with van der Waals surface area (Å²) in [6.07, 6.45) is 0. The Bertz CT molecular complexity index is 526. The van der Waals surface area contributed by atoms with Crippen LogP contribution in [0, 0.1) is 3.57 Å². The second-order valence-electron chi connectivity index (χ2n) is 3.93. The molecule has 0 aliphatic carbocycles. The fourth-order valence-corrected chi connectivity index (χ4v) is 2.15. The molecule has 18 heavy (non-hydrogen) atoms. The van der Waals surface area contributed by atoms with Crippen LogP contribution < -0.4 is 15.8 Å². The van der Waals surface area contributed by atoms with Crippen molar-refractivity contribution in [1.82, 2.24) is 0 Å². The number of nitrogens with two attached hydrogens (primary N) is 1. The van der Waals surface area contributed by atoms with Crippen LogP contribution >= 0.6 is 22.6 Å². The van der Waals surface area contributed by atoms with Crippen LogP contribution in [0.4, 0.5) is 11.4 Å². The van der Waals surface area contributed by atoms with E-state index in [1.165, 1.54) is 5.56 Å². The second kappa shape index (κ2) is 5.95. The van der Waals surface area contributed by atoms with Crippen LogP contribution in [-0.2, 0) is 6.54 Å². The van der Waals surface area contributed by atoms with Gasteiger partial charge in [-0.15, -0.1) is 0 Å². The van der Waals surface area contributed by atoms with Gasteiger partial charge in [0.1, 0.15) is 5.75 Å². The Morgan fingerprint density at radius 3 is 2.50 bits per heavy atom. The molecule has 0 spiro atoms. The maximum Gasteiger partial charge on any atom is 0.118 e. The lowest BCUT2D eigenvalue weighted by molar-refractivity contribution is 0.414. The summed E-state index contributed by atoms with van der Waals surface area (Å²) >= 11 is 2.25. The maximum atomic E-state index is 5.94. The van der Waals surface area contributed by atoms with E-state index in [1.54, 1.807) is 7.11 Å². The van der Waals surface area contributed by atoms with Gasteiger partial charge in [0.25, 0.3) is 0 Å². The van der Waals surface area contributed by atoms with Crippen LogP contribution in [0.25, 0.3) is 0 Å². The van der Waals surface area contributed by atoms with Crippen molar-refractivity contribution in [2.45, 2.75) is 6.54 Å². The number of benzene rings is 2. The molecule has 0 bridgehead atoms. The zero-order valence-electron chi connectivity index (χ0n) is 10.1. The lowest BCUT2D eigenvalue weighted by Crippen LogP contribution is -2.02. The van der Waals surface area contributed by atoms with E-state index < -0.39 is 0 Å². The second-order valence-corrected chi connectivity index (χ2v) is 5.18. The van der Waals surface area contributed by atoms with Crippen LogP contribution in [-0.4, -0.2) is 7.11 Å². The molecule has 0 unspecified atom stereocenters. The number of rotatable bonds is 4. The summed E-state index contributed by atoms with van der Waals surface area (Å²) in [5, 5.41) is 3.32. The van der Waals surface area contributed by atoms with Crippen molar-refractivity contribution in [3.63, 3.8) is 0 Å². The van der Waals surface area contributed by atoms with E-state index in [2.05, 4.69) is 27.9 Å². The predicted molar refractivity (Wildman–Crippen MR) is 83.9 cm³/mol. The average molecular weight is 354 g/mol. The minimum atomic E-state index is 0.745. The molecule has 0 fully saturated rings. The number of methoxy groups -OCH3 is 1. The Kier molecular flexibility index (Phi) is 4.30. The zero-order chi connectivity index (χ0) is 13.0. The Balaban J connectivity index is 2.02. The number of halogens is 1. The molecule has 2 aromatic carbocycles. The molecule has 2 rings (SSSR count). The molecule has 0 saturated heterocycles. The standard InChI is InChI=1S/C14H15IN2O/c1-18-12-5-2-10(3-6-12)9-17-14-7-4-11(15)8-13(14)16/h2-8,17H,9,16H2,1H3. The van der Waals surface area contributed by atoms with Crippen LogP contribution in [0.2, 0.25) is 0 Å². The highest BCUT2D eigenvalue weighted by Gasteiger charge is 2.00. The van der Waals surface area contributed by atoms with Gasteiger partial charge >= 0.3 is 0 Å². The number of hydrogen-bond donors (Lipinski definition) is 2. The van der Waals surface area contributed by atoms with Gasteiger partial charge < -0.3 is 15.8 Å². The first kappa shape index (κ1) is 13.0. The molecule has 0 aromatic heterocycles. The van der Waals surface area contributed by atoms with Crippen molar-refractivity contribution in [2.24, 2.45) is 0 Å². The summed E-state index contributed by atoms with van der Waals surface area (Å²) in [4.78, 5) is 0. The van der Waals surface area contributed by atoms with Gasteiger partial charge in [-0.25, -0.2) is 0 Å². The topological polar surface area (TPSA) is 47.3 Å². The summed E-state index contributed by atoms with van der Waals surface area (Å²) in [5.41, 5.74) is 8.87. The summed E-state index contributed by atoms with van der Waals surface area (Å²) in [6.45, 7) is 0.745. The molecule has 3 N–H and O–H groups in total. The lowest BCUT2D eigenvalue weighted by Gasteiger charge is -2.10. The van der Waals surface area contributed by atoms with Crippen molar-refractivity contribution in [2.75, 3.05) is 18.2 Å². The van der Waals surface area contributed by atoms with Gasteiger partial charge in [0.05, 0.1) is 18.5 Å². The highest BCUT2D eigenvalue weighted by molar-refractivity contribution is 14.1.